The lowest BCUT2D eigenvalue weighted by Gasteiger charge is -2.29. The highest BCUT2D eigenvalue weighted by atomic mass is 16.3. The van der Waals surface area contributed by atoms with Crippen LogP contribution in [-0.2, 0) is 4.79 Å². The quantitative estimate of drug-likeness (QED) is 0.643. The van der Waals surface area contributed by atoms with Crippen molar-refractivity contribution in [2.24, 2.45) is 11.7 Å². The van der Waals surface area contributed by atoms with Crippen molar-refractivity contribution in [3.8, 4) is 0 Å². The third-order valence-corrected chi connectivity index (χ3v) is 3.96. The molecule has 0 saturated heterocycles. The lowest BCUT2D eigenvalue weighted by atomic mass is 9.91. The lowest BCUT2D eigenvalue weighted by Crippen LogP contribution is -2.49. The molecule has 2 fully saturated rings. The zero-order valence-corrected chi connectivity index (χ0v) is 9.69. The van der Waals surface area contributed by atoms with E-state index in [0.29, 0.717) is 0 Å². The predicted molar refractivity (Wildman–Crippen MR) is 61.7 cm³/mol. The lowest BCUT2D eigenvalue weighted by molar-refractivity contribution is -0.127. The molecule has 1 amide bonds. The third-order valence-electron chi connectivity index (χ3n) is 3.96. The molecule has 92 valence electrons. The molecule has 2 aliphatic carbocycles. The summed E-state index contributed by atoms with van der Waals surface area (Å²) in [4.78, 5) is 12.0. The van der Waals surface area contributed by atoms with Crippen LogP contribution in [0.3, 0.4) is 0 Å². The Bertz CT molecular complexity index is 257. The van der Waals surface area contributed by atoms with E-state index in [1.807, 2.05) is 0 Å². The van der Waals surface area contributed by atoms with Crippen LogP contribution in [-0.4, -0.2) is 29.2 Å². The minimum atomic E-state index is -0.365. The van der Waals surface area contributed by atoms with Gasteiger partial charge in [-0.2, -0.15) is 0 Å². The van der Waals surface area contributed by atoms with E-state index >= 15 is 0 Å². The van der Waals surface area contributed by atoms with Crippen LogP contribution in [0.25, 0.3) is 0 Å². The van der Waals surface area contributed by atoms with Crippen molar-refractivity contribution in [2.45, 2.75) is 63.1 Å². The number of nitrogens with one attached hydrogen (secondary N) is 1. The third kappa shape index (κ3) is 2.55. The Morgan fingerprint density at radius 1 is 1.12 bits per heavy atom. The predicted octanol–water partition coefficient (Wildman–Crippen LogP) is 0.533. The van der Waals surface area contributed by atoms with E-state index in [1.165, 1.54) is 0 Å². The van der Waals surface area contributed by atoms with Crippen LogP contribution < -0.4 is 11.1 Å². The molecule has 2 saturated carbocycles. The molecule has 0 radical (unpaired) electrons. The summed E-state index contributed by atoms with van der Waals surface area (Å²) in [7, 11) is 0. The maximum atomic E-state index is 12.0. The second-order valence-corrected chi connectivity index (χ2v) is 5.17. The zero-order chi connectivity index (χ0) is 11.5. The van der Waals surface area contributed by atoms with Gasteiger partial charge in [0.1, 0.15) is 0 Å². The van der Waals surface area contributed by atoms with Gasteiger partial charge in [-0.15, -0.1) is 0 Å². The van der Waals surface area contributed by atoms with Crippen LogP contribution >= 0.6 is 0 Å². The first-order chi connectivity index (χ1) is 7.68. The van der Waals surface area contributed by atoms with Gasteiger partial charge in [-0.25, -0.2) is 0 Å². The number of rotatable bonds is 2. The van der Waals surface area contributed by atoms with Gasteiger partial charge >= 0.3 is 0 Å². The van der Waals surface area contributed by atoms with Crippen LogP contribution in [0.5, 0.6) is 0 Å². The highest BCUT2D eigenvalue weighted by molar-refractivity contribution is 5.80. The minimum absolute atomic E-state index is 0.0146. The Hall–Kier alpha value is -0.610. The molecule has 0 aliphatic heterocycles. The normalized spacial score (nSPS) is 39.6. The van der Waals surface area contributed by atoms with Crippen molar-refractivity contribution >= 4 is 5.91 Å². The Morgan fingerprint density at radius 3 is 2.50 bits per heavy atom. The number of nitrogens with two attached hydrogens (primary N) is 1. The SMILES string of the molecule is NC1CCCC1C(=O)NC1CCCCC1O. The van der Waals surface area contributed by atoms with Crippen molar-refractivity contribution < 1.29 is 9.90 Å². The van der Waals surface area contributed by atoms with Gasteiger partial charge in [-0.3, -0.25) is 4.79 Å². The number of carbonyl (C=O) groups excluding carboxylic acids is 1. The molecule has 0 aromatic carbocycles. The Balaban J connectivity index is 1.86. The largest absolute Gasteiger partial charge is 0.391 e. The summed E-state index contributed by atoms with van der Waals surface area (Å²) in [6.07, 6.45) is 6.40. The van der Waals surface area contributed by atoms with E-state index in [9.17, 15) is 9.90 Å². The summed E-state index contributed by atoms with van der Waals surface area (Å²) in [5.74, 6) is 0.0186. The molecule has 0 bridgehead atoms. The Labute approximate surface area is 96.6 Å². The summed E-state index contributed by atoms with van der Waals surface area (Å²) in [5.41, 5.74) is 5.90. The molecule has 4 atom stereocenters. The van der Waals surface area contributed by atoms with Crippen LogP contribution in [0.15, 0.2) is 0 Å². The molecule has 4 N–H and O–H groups in total. The standard InChI is InChI=1S/C12H22N2O2/c13-9-5-3-4-8(9)12(16)14-10-6-1-2-7-11(10)15/h8-11,15H,1-7,13H2,(H,14,16). The number of amides is 1. The van der Waals surface area contributed by atoms with E-state index in [1.54, 1.807) is 0 Å². The second kappa shape index (κ2) is 5.15. The summed E-state index contributed by atoms with van der Waals surface area (Å²) in [5, 5.41) is 12.8. The molecule has 0 aromatic rings. The fraction of sp³-hybridized carbons (Fsp3) is 0.917. The van der Waals surface area contributed by atoms with Gasteiger partial charge in [0.05, 0.1) is 18.1 Å². The molecule has 0 heterocycles. The maximum absolute atomic E-state index is 12.0. The van der Waals surface area contributed by atoms with Crippen molar-refractivity contribution in [1.82, 2.24) is 5.32 Å². The fourth-order valence-corrected chi connectivity index (χ4v) is 2.88. The van der Waals surface area contributed by atoms with Crippen LogP contribution in [0.1, 0.15) is 44.9 Å². The molecule has 2 aliphatic rings. The van der Waals surface area contributed by atoms with Gasteiger partial charge in [0.25, 0.3) is 0 Å². The van der Waals surface area contributed by atoms with Crippen LogP contribution in [0.4, 0.5) is 0 Å². The van der Waals surface area contributed by atoms with E-state index < -0.39 is 0 Å². The van der Waals surface area contributed by atoms with Gasteiger partial charge in [0, 0.05) is 6.04 Å². The van der Waals surface area contributed by atoms with E-state index in [4.69, 9.17) is 5.73 Å². The average Bonchev–Trinajstić information content (AvgIpc) is 2.68. The smallest absolute Gasteiger partial charge is 0.224 e. The van der Waals surface area contributed by atoms with Crippen LogP contribution in [0.2, 0.25) is 0 Å². The van der Waals surface area contributed by atoms with Crippen LogP contribution in [0, 0.1) is 5.92 Å². The van der Waals surface area contributed by atoms with Gasteiger partial charge in [-0.1, -0.05) is 19.3 Å². The van der Waals surface area contributed by atoms with Crippen molar-refractivity contribution in [2.75, 3.05) is 0 Å². The number of carbonyl (C=O) groups is 1. The van der Waals surface area contributed by atoms with Gasteiger partial charge in [-0.05, 0) is 25.7 Å². The summed E-state index contributed by atoms with van der Waals surface area (Å²) in [6.45, 7) is 0. The summed E-state index contributed by atoms with van der Waals surface area (Å²) < 4.78 is 0. The van der Waals surface area contributed by atoms with Gasteiger partial charge < -0.3 is 16.2 Å². The molecule has 16 heavy (non-hydrogen) atoms. The minimum Gasteiger partial charge on any atom is -0.391 e. The van der Waals surface area contributed by atoms with E-state index in [2.05, 4.69) is 5.32 Å². The Kier molecular flexibility index (Phi) is 3.82. The molecule has 4 heteroatoms. The first kappa shape index (κ1) is 11.9. The number of aliphatic hydroxyl groups is 1. The van der Waals surface area contributed by atoms with Gasteiger partial charge in [0.15, 0.2) is 0 Å². The second-order valence-electron chi connectivity index (χ2n) is 5.17. The number of aliphatic hydroxyl groups excluding tert-OH is 1. The summed E-state index contributed by atoms with van der Waals surface area (Å²) in [6, 6.07) is -0.0326. The first-order valence-electron chi connectivity index (χ1n) is 6.42. The fourth-order valence-electron chi connectivity index (χ4n) is 2.88. The van der Waals surface area contributed by atoms with E-state index in [0.717, 1.165) is 44.9 Å². The molecule has 4 nitrogen and oxygen atoms in total. The molecule has 0 aromatic heterocycles. The van der Waals surface area contributed by atoms with Gasteiger partial charge in [0.2, 0.25) is 5.91 Å². The molecule has 4 unspecified atom stereocenters. The summed E-state index contributed by atoms with van der Waals surface area (Å²) >= 11 is 0. The molecular weight excluding hydrogens is 204 g/mol. The molecule has 2 rings (SSSR count). The van der Waals surface area contributed by atoms with E-state index in [-0.39, 0.29) is 30.0 Å². The zero-order valence-electron chi connectivity index (χ0n) is 9.69. The maximum Gasteiger partial charge on any atom is 0.224 e. The number of hydrogen-bond donors (Lipinski definition) is 3. The Morgan fingerprint density at radius 2 is 1.88 bits per heavy atom. The highest BCUT2D eigenvalue weighted by Crippen LogP contribution is 2.25. The molecule has 0 spiro atoms. The highest BCUT2D eigenvalue weighted by Gasteiger charge is 2.33. The van der Waals surface area contributed by atoms with Crippen molar-refractivity contribution in [3.63, 3.8) is 0 Å². The number of hydrogen-bond acceptors (Lipinski definition) is 3. The van der Waals surface area contributed by atoms with Crippen molar-refractivity contribution in [1.29, 1.82) is 0 Å². The monoisotopic (exact) mass is 226 g/mol. The topological polar surface area (TPSA) is 75.4 Å². The molecular formula is C12H22N2O2. The first-order valence-corrected chi connectivity index (χ1v) is 6.42. The van der Waals surface area contributed by atoms with Crippen molar-refractivity contribution in [3.05, 3.63) is 0 Å². The average molecular weight is 226 g/mol.